The summed E-state index contributed by atoms with van der Waals surface area (Å²) in [6, 6.07) is 17.7. The maximum Gasteiger partial charge on any atom is 0.250 e. The average molecular weight is 547 g/mol. The molecule has 2 aromatic heterocycles. The first-order chi connectivity index (χ1) is 18.5. The molecule has 3 aromatic carbocycles. The molecule has 1 amide bonds. The molecule has 0 saturated heterocycles. The fourth-order valence-corrected chi connectivity index (χ4v) is 7.71. The first-order valence-corrected chi connectivity index (χ1v) is 14.7. The Morgan fingerprint density at radius 1 is 0.974 bits per heavy atom. The van der Waals surface area contributed by atoms with Crippen molar-refractivity contribution in [2.75, 3.05) is 19.5 Å². The minimum absolute atomic E-state index is 0.0452. The van der Waals surface area contributed by atoms with E-state index in [9.17, 15) is 13.2 Å². The van der Waals surface area contributed by atoms with E-state index in [4.69, 9.17) is 15.5 Å². The molecule has 0 aliphatic rings. The van der Waals surface area contributed by atoms with E-state index in [1.54, 1.807) is 13.2 Å². The maximum atomic E-state index is 13.7. The van der Waals surface area contributed by atoms with Crippen LogP contribution in [0.4, 0.5) is 0 Å². The molecular weight excluding hydrogens is 512 g/mol. The zero-order chi connectivity index (χ0) is 28.1. The number of nitrogens with two attached hydrogens (primary N) is 1. The van der Waals surface area contributed by atoms with Crippen molar-refractivity contribution in [2.24, 2.45) is 11.1 Å². The van der Waals surface area contributed by atoms with Crippen molar-refractivity contribution < 1.29 is 17.9 Å². The lowest BCUT2D eigenvalue weighted by Gasteiger charge is -2.19. The molecule has 0 radical (unpaired) electrons. The number of hydrogen-bond acceptors (Lipinski definition) is 5. The molecule has 39 heavy (non-hydrogen) atoms. The van der Waals surface area contributed by atoms with Gasteiger partial charge in [0, 0.05) is 47.6 Å². The van der Waals surface area contributed by atoms with Crippen molar-refractivity contribution in [2.45, 2.75) is 45.7 Å². The lowest BCUT2D eigenvalue weighted by atomic mass is 10.0. The second-order valence-electron chi connectivity index (χ2n) is 11.1. The quantitative estimate of drug-likeness (QED) is 0.280. The first-order valence-electron chi connectivity index (χ1n) is 13.0. The van der Waals surface area contributed by atoms with E-state index in [1.165, 1.54) is 6.07 Å². The lowest BCUT2D eigenvalue weighted by Crippen LogP contribution is -2.24. The number of aryl methyl sites for hydroxylation is 1. The molecule has 0 spiro atoms. The number of ether oxygens (including phenoxy) is 1. The van der Waals surface area contributed by atoms with Gasteiger partial charge < -0.3 is 19.6 Å². The highest BCUT2D eigenvalue weighted by Gasteiger charge is 2.31. The number of imidazole rings is 1. The molecule has 2 N–H and O–H groups in total. The number of benzene rings is 3. The summed E-state index contributed by atoms with van der Waals surface area (Å²) in [4.78, 5) is 17.2. The summed E-state index contributed by atoms with van der Waals surface area (Å²) >= 11 is 0. The summed E-state index contributed by atoms with van der Waals surface area (Å²) in [5.41, 5.74) is 9.06. The largest absolute Gasteiger partial charge is 0.383 e. The number of nitrogens with zero attached hydrogens (tertiary/aromatic N) is 3. The van der Waals surface area contributed by atoms with Gasteiger partial charge in [-0.2, -0.15) is 0 Å². The van der Waals surface area contributed by atoms with Crippen LogP contribution in [0.1, 0.15) is 38.1 Å². The van der Waals surface area contributed by atoms with Gasteiger partial charge in [0.2, 0.25) is 5.91 Å². The highest BCUT2D eigenvalue weighted by Crippen LogP contribution is 2.36. The van der Waals surface area contributed by atoms with Crippen LogP contribution in [0.5, 0.6) is 0 Å². The number of methoxy groups -OCH3 is 1. The highest BCUT2D eigenvalue weighted by atomic mass is 32.2. The third-order valence-corrected chi connectivity index (χ3v) is 9.22. The second kappa shape index (κ2) is 9.81. The Labute approximate surface area is 228 Å². The smallest absolute Gasteiger partial charge is 0.250 e. The average Bonchev–Trinajstić information content (AvgIpc) is 3.40. The number of sulfone groups is 1. The number of hydrogen-bond donors (Lipinski definition) is 1. The number of primary amides is 1. The Morgan fingerprint density at radius 3 is 2.33 bits per heavy atom. The van der Waals surface area contributed by atoms with Crippen LogP contribution in [-0.4, -0.2) is 47.9 Å². The van der Waals surface area contributed by atoms with Crippen LogP contribution in [0.2, 0.25) is 0 Å². The van der Waals surface area contributed by atoms with Crippen LogP contribution < -0.4 is 5.73 Å². The van der Waals surface area contributed by atoms with E-state index in [-0.39, 0.29) is 21.7 Å². The third kappa shape index (κ3) is 4.70. The van der Waals surface area contributed by atoms with E-state index >= 15 is 0 Å². The monoisotopic (exact) mass is 546 g/mol. The summed E-state index contributed by atoms with van der Waals surface area (Å²) < 4.78 is 37.1. The third-order valence-electron chi connectivity index (χ3n) is 6.94. The van der Waals surface area contributed by atoms with Crippen LogP contribution in [0.3, 0.4) is 0 Å². The number of para-hydroxylation sites is 1. The predicted octanol–water partition coefficient (Wildman–Crippen LogP) is 5.40. The maximum absolute atomic E-state index is 13.7. The van der Waals surface area contributed by atoms with Crippen LogP contribution in [0.25, 0.3) is 44.2 Å². The summed E-state index contributed by atoms with van der Waals surface area (Å²) in [5, 5.41) is 2.23. The van der Waals surface area contributed by atoms with Crippen molar-refractivity contribution in [3.05, 3.63) is 60.2 Å². The van der Waals surface area contributed by atoms with E-state index in [2.05, 4.69) is 35.8 Å². The molecule has 5 aromatic rings. The molecule has 0 bridgehead atoms. The number of amides is 1. The van der Waals surface area contributed by atoms with Crippen molar-refractivity contribution in [3.8, 4) is 11.4 Å². The molecule has 0 saturated carbocycles. The van der Waals surface area contributed by atoms with E-state index in [1.807, 2.05) is 43.5 Å². The minimum Gasteiger partial charge on any atom is -0.383 e. The van der Waals surface area contributed by atoms with Gasteiger partial charge in [-0.05, 0) is 48.7 Å². The zero-order valence-electron chi connectivity index (χ0n) is 23.0. The van der Waals surface area contributed by atoms with Gasteiger partial charge in [-0.3, -0.25) is 4.79 Å². The number of aromatic nitrogens is 3. The SMILES string of the molecule is CCn1c2ccccc2c2cc(-c3nc4c(S(=O)(=O)CC(C)(C)C)c(C(N)=O)ccc4n3CCOC)ccc21. The molecule has 0 aliphatic carbocycles. The molecule has 0 fully saturated rings. The first kappa shape index (κ1) is 26.9. The fourth-order valence-electron chi connectivity index (χ4n) is 5.48. The Morgan fingerprint density at radius 2 is 1.67 bits per heavy atom. The minimum atomic E-state index is -3.90. The summed E-state index contributed by atoms with van der Waals surface area (Å²) in [5.74, 6) is -0.348. The fraction of sp³-hybridized carbons (Fsp3) is 0.333. The van der Waals surface area contributed by atoms with Crippen molar-refractivity contribution in [1.29, 1.82) is 0 Å². The van der Waals surface area contributed by atoms with Crippen molar-refractivity contribution in [1.82, 2.24) is 14.1 Å². The molecule has 8 nitrogen and oxygen atoms in total. The summed E-state index contributed by atoms with van der Waals surface area (Å²) in [6.07, 6.45) is 0. The molecular formula is C30H34N4O4S. The van der Waals surface area contributed by atoms with Crippen LogP contribution in [0.15, 0.2) is 59.5 Å². The van der Waals surface area contributed by atoms with Gasteiger partial charge in [0.1, 0.15) is 16.2 Å². The second-order valence-corrected chi connectivity index (χ2v) is 13.0. The highest BCUT2D eigenvalue weighted by molar-refractivity contribution is 7.91. The molecule has 0 atom stereocenters. The van der Waals surface area contributed by atoms with E-state index < -0.39 is 21.2 Å². The normalized spacial score (nSPS) is 12.6. The zero-order valence-corrected chi connectivity index (χ0v) is 23.8. The summed E-state index contributed by atoms with van der Waals surface area (Å²) in [6.45, 7) is 9.35. The van der Waals surface area contributed by atoms with Crippen LogP contribution >= 0.6 is 0 Å². The van der Waals surface area contributed by atoms with Gasteiger partial charge in [-0.1, -0.05) is 39.0 Å². The van der Waals surface area contributed by atoms with Gasteiger partial charge in [0.15, 0.2) is 9.84 Å². The van der Waals surface area contributed by atoms with Crippen LogP contribution in [-0.2, 0) is 27.7 Å². The van der Waals surface area contributed by atoms with Crippen molar-refractivity contribution >= 4 is 48.6 Å². The van der Waals surface area contributed by atoms with Crippen molar-refractivity contribution in [3.63, 3.8) is 0 Å². The standard InChI is InChI=1S/C30H34N4O4S/c1-6-33-23-10-8-7-9-20(23)22-17-19(11-13-24(22)33)29-32-26-25(34(29)15-16-38-5)14-12-21(28(31)35)27(26)39(36,37)18-30(2,3)4/h7-14,17H,6,15-16,18H2,1-5H3,(H2,31,35). The number of carbonyl (C=O) groups excluding carboxylic acids is 1. The lowest BCUT2D eigenvalue weighted by molar-refractivity contribution is 0.0997. The molecule has 2 heterocycles. The number of rotatable bonds is 8. The van der Waals surface area contributed by atoms with Gasteiger partial charge >= 0.3 is 0 Å². The van der Waals surface area contributed by atoms with Gasteiger partial charge in [-0.15, -0.1) is 0 Å². The Kier molecular flexibility index (Phi) is 6.76. The van der Waals surface area contributed by atoms with Crippen LogP contribution in [0, 0.1) is 5.41 Å². The van der Waals surface area contributed by atoms with Gasteiger partial charge in [0.25, 0.3) is 0 Å². The topological polar surface area (TPSA) is 109 Å². The van der Waals surface area contributed by atoms with Gasteiger partial charge in [0.05, 0.1) is 23.4 Å². The van der Waals surface area contributed by atoms with E-state index in [0.29, 0.717) is 24.5 Å². The molecule has 0 aliphatic heterocycles. The Balaban J connectivity index is 1.83. The molecule has 0 unspecified atom stereocenters. The molecule has 204 valence electrons. The Hall–Kier alpha value is -3.69. The van der Waals surface area contributed by atoms with Gasteiger partial charge in [-0.25, -0.2) is 13.4 Å². The molecule has 9 heteroatoms. The summed E-state index contributed by atoms with van der Waals surface area (Å²) in [7, 11) is -2.28. The number of carbonyl (C=O) groups is 1. The Bertz CT molecular complexity index is 1840. The predicted molar refractivity (Wildman–Crippen MR) is 156 cm³/mol. The van der Waals surface area contributed by atoms with E-state index in [0.717, 1.165) is 33.9 Å². The molecule has 5 rings (SSSR count). The number of fused-ring (bicyclic) bond motifs is 4.